The van der Waals surface area contributed by atoms with Crippen LogP contribution in [-0.4, -0.2) is 15.9 Å². The lowest BCUT2D eigenvalue weighted by atomic mass is 9.92. The van der Waals surface area contributed by atoms with Crippen LogP contribution < -0.4 is 0 Å². The molecule has 0 aliphatic heterocycles. The fourth-order valence-corrected chi connectivity index (χ4v) is 2.50. The van der Waals surface area contributed by atoms with E-state index in [9.17, 15) is 4.79 Å². The third-order valence-corrected chi connectivity index (χ3v) is 3.52. The van der Waals surface area contributed by atoms with Crippen LogP contribution in [0.3, 0.4) is 0 Å². The summed E-state index contributed by atoms with van der Waals surface area (Å²) in [6, 6.07) is 3.13. The number of ketones is 1. The van der Waals surface area contributed by atoms with Crippen molar-refractivity contribution >= 4 is 5.78 Å². The minimum absolute atomic E-state index is 0.0315. The first-order valence-corrected chi connectivity index (χ1v) is 6.44. The summed E-state index contributed by atoms with van der Waals surface area (Å²) >= 11 is 0. The Kier molecular flexibility index (Phi) is 4.13. The van der Waals surface area contributed by atoms with Crippen molar-refractivity contribution in [1.29, 1.82) is 0 Å². The SMILES string of the molecule is O=C(CC1CCCCCC1)c1ccc(O)nc1. The summed E-state index contributed by atoms with van der Waals surface area (Å²) in [6.07, 6.45) is 9.59. The first kappa shape index (κ1) is 12.1. The molecule has 0 amide bonds. The molecular weight excluding hydrogens is 214 g/mol. The van der Waals surface area contributed by atoms with Crippen LogP contribution in [0.1, 0.15) is 55.3 Å². The second-order valence-electron chi connectivity index (χ2n) is 4.89. The van der Waals surface area contributed by atoms with E-state index in [-0.39, 0.29) is 11.7 Å². The maximum atomic E-state index is 12.0. The normalized spacial score (nSPS) is 17.6. The van der Waals surface area contributed by atoms with E-state index in [1.165, 1.54) is 50.8 Å². The van der Waals surface area contributed by atoms with Crippen molar-refractivity contribution in [3.63, 3.8) is 0 Å². The highest BCUT2D eigenvalue weighted by Crippen LogP contribution is 2.26. The molecule has 0 aromatic carbocycles. The Labute approximate surface area is 102 Å². The summed E-state index contributed by atoms with van der Waals surface area (Å²) in [4.78, 5) is 15.8. The minimum Gasteiger partial charge on any atom is -0.493 e. The van der Waals surface area contributed by atoms with Gasteiger partial charge in [-0.2, -0.15) is 0 Å². The van der Waals surface area contributed by atoms with Gasteiger partial charge in [0, 0.05) is 24.2 Å². The largest absolute Gasteiger partial charge is 0.493 e. The van der Waals surface area contributed by atoms with Gasteiger partial charge in [-0.1, -0.05) is 38.5 Å². The molecule has 1 aromatic heterocycles. The molecule has 1 saturated carbocycles. The van der Waals surface area contributed by atoms with Crippen LogP contribution in [0.4, 0.5) is 0 Å². The molecule has 0 spiro atoms. The van der Waals surface area contributed by atoms with E-state index in [4.69, 9.17) is 5.11 Å². The molecule has 1 aliphatic carbocycles. The monoisotopic (exact) mass is 233 g/mol. The quantitative estimate of drug-likeness (QED) is 0.643. The van der Waals surface area contributed by atoms with Crippen LogP contribution in [0, 0.1) is 5.92 Å². The number of carbonyl (C=O) groups is 1. The van der Waals surface area contributed by atoms with Gasteiger partial charge in [0.2, 0.25) is 5.88 Å². The summed E-state index contributed by atoms with van der Waals surface area (Å²) in [5.41, 5.74) is 0.618. The summed E-state index contributed by atoms with van der Waals surface area (Å²) in [6.45, 7) is 0. The third kappa shape index (κ3) is 3.55. The van der Waals surface area contributed by atoms with Gasteiger partial charge in [-0.15, -0.1) is 0 Å². The van der Waals surface area contributed by atoms with Crippen LogP contribution >= 0.6 is 0 Å². The Bertz CT molecular complexity index is 364. The fraction of sp³-hybridized carbons (Fsp3) is 0.571. The fourth-order valence-electron chi connectivity index (χ4n) is 2.50. The van der Waals surface area contributed by atoms with Crippen molar-refractivity contribution in [3.8, 4) is 5.88 Å². The highest BCUT2D eigenvalue weighted by atomic mass is 16.3. The van der Waals surface area contributed by atoms with Gasteiger partial charge in [0.15, 0.2) is 5.78 Å². The van der Waals surface area contributed by atoms with Crippen LogP contribution in [-0.2, 0) is 0 Å². The van der Waals surface area contributed by atoms with Crippen molar-refractivity contribution in [2.75, 3.05) is 0 Å². The zero-order chi connectivity index (χ0) is 12.1. The predicted octanol–water partition coefficient (Wildman–Crippen LogP) is 3.33. The van der Waals surface area contributed by atoms with Gasteiger partial charge < -0.3 is 5.11 Å². The Balaban J connectivity index is 1.93. The molecule has 0 atom stereocenters. The lowest BCUT2D eigenvalue weighted by Crippen LogP contribution is -2.08. The average Bonchev–Trinajstić information content (AvgIpc) is 2.58. The van der Waals surface area contributed by atoms with Gasteiger partial charge in [0.05, 0.1) is 0 Å². The Morgan fingerprint density at radius 1 is 1.24 bits per heavy atom. The van der Waals surface area contributed by atoms with Gasteiger partial charge in [-0.25, -0.2) is 4.98 Å². The molecule has 2 rings (SSSR count). The molecule has 1 aromatic rings. The van der Waals surface area contributed by atoms with E-state index in [0.717, 1.165) is 0 Å². The number of hydrogen-bond donors (Lipinski definition) is 1. The van der Waals surface area contributed by atoms with E-state index in [2.05, 4.69) is 4.98 Å². The molecule has 1 heterocycles. The molecule has 3 nitrogen and oxygen atoms in total. The van der Waals surface area contributed by atoms with E-state index in [1.807, 2.05) is 0 Å². The molecule has 0 saturated heterocycles. The number of pyridine rings is 1. The molecule has 1 N–H and O–H groups in total. The Hall–Kier alpha value is -1.38. The number of aromatic nitrogens is 1. The number of aromatic hydroxyl groups is 1. The van der Waals surface area contributed by atoms with Crippen molar-refractivity contribution in [2.24, 2.45) is 5.92 Å². The zero-order valence-electron chi connectivity index (χ0n) is 10.1. The summed E-state index contributed by atoms with van der Waals surface area (Å²) in [5.74, 6) is 0.666. The molecular formula is C14H19NO2. The average molecular weight is 233 g/mol. The van der Waals surface area contributed by atoms with Gasteiger partial charge >= 0.3 is 0 Å². The second-order valence-corrected chi connectivity index (χ2v) is 4.89. The van der Waals surface area contributed by atoms with Gasteiger partial charge in [0.1, 0.15) is 0 Å². The van der Waals surface area contributed by atoms with E-state index in [0.29, 0.717) is 17.9 Å². The maximum absolute atomic E-state index is 12.0. The van der Waals surface area contributed by atoms with Gasteiger partial charge in [-0.05, 0) is 12.0 Å². The smallest absolute Gasteiger partial charge is 0.210 e. The summed E-state index contributed by atoms with van der Waals surface area (Å²) in [7, 11) is 0. The van der Waals surface area contributed by atoms with E-state index in [1.54, 1.807) is 6.07 Å². The summed E-state index contributed by atoms with van der Waals surface area (Å²) in [5, 5.41) is 9.07. The number of carbonyl (C=O) groups excluding carboxylic acids is 1. The highest BCUT2D eigenvalue weighted by Gasteiger charge is 2.17. The second kappa shape index (κ2) is 5.80. The van der Waals surface area contributed by atoms with Crippen molar-refractivity contribution in [2.45, 2.75) is 44.9 Å². The summed E-state index contributed by atoms with van der Waals surface area (Å²) < 4.78 is 0. The molecule has 1 fully saturated rings. The maximum Gasteiger partial charge on any atom is 0.210 e. The molecule has 0 bridgehead atoms. The first-order chi connectivity index (χ1) is 8.25. The third-order valence-electron chi connectivity index (χ3n) is 3.52. The molecule has 0 radical (unpaired) electrons. The van der Waals surface area contributed by atoms with E-state index < -0.39 is 0 Å². The lowest BCUT2D eigenvalue weighted by molar-refractivity contribution is 0.0956. The number of hydrogen-bond acceptors (Lipinski definition) is 3. The van der Waals surface area contributed by atoms with Gasteiger partial charge in [-0.3, -0.25) is 4.79 Å². The first-order valence-electron chi connectivity index (χ1n) is 6.44. The number of Topliss-reactive ketones (excluding diaryl/α,β-unsaturated/α-hetero) is 1. The minimum atomic E-state index is -0.0315. The highest BCUT2D eigenvalue weighted by molar-refractivity contribution is 5.95. The standard InChI is InChI=1S/C14H19NO2/c16-13(12-7-8-14(17)15-10-12)9-11-5-3-1-2-4-6-11/h7-8,10-11H,1-6,9H2,(H,15,17). The number of rotatable bonds is 3. The lowest BCUT2D eigenvalue weighted by Gasteiger charge is -2.12. The molecule has 1 aliphatic rings. The van der Waals surface area contributed by atoms with E-state index >= 15 is 0 Å². The van der Waals surface area contributed by atoms with Crippen molar-refractivity contribution < 1.29 is 9.90 Å². The predicted molar refractivity (Wildman–Crippen MR) is 66.0 cm³/mol. The van der Waals surface area contributed by atoms with Gasteiger partial charge in [0.25, 0.3) is 0 Å². The Morgan fingerprint density at radius 3 is 2.53 bits per heavy atom. The molecule has 17 heavy (non-hydrogen) atoms. The zero-order valence-corrected chi connectivity index (χ0v) is 10.1. The number of nitrogens with zero attached hydrogens (tertiary/aromatic N) is 1. The molecule has 92 valence electrons. The van der Waals surface area contributed by atoms with Crippen LogP contribution in [0.5, 0.6) is 5.88 Å². The van der Waals surface area contributed by atoms with Crippen molar-refractivity contribution in [1.82, 2.24) is 4.98 Å². The Morgan fingerprint density at radius 2 is 1.94 bits per heavy atom. The van der Waals surface area contributed by atoms with Crippen molar-refractivity contribution in [3.05, 3.63) is 23.9 Å². The molecule has 0 unspecified atom stereocenters. The van der Waals surface area contributed by atoms with Crippen LogP contribution in [0.2, 0.25) is 0 Å². The molecule has 3 heteroatoms. The van der Waals surface area contributed by atoms with Crippen LogP contribution in [0.15, 0.2) is 18.3 Å². The van der Waals surface area contributed by atoms with Crippen LogP contribution in [0.25, 0.3) is 0 Å². The topological polar surface area (TPSA) is 50.2 Å².